The number of amides is 1. The van der Waals surface area contributed by atoms with Crippen LogP contribution in [0.2, 0.25) is 0 Å². The normalized spacial score (nSPS) is 19.0. The third kappa shape index (κ3) is 2.85. The van der Waals surface area contributed by atoms with Gasteiger partial charge in [0.1, 0.15) is 5.75 Å². The molecule has 1 heterocycles. The Hall–Kier alpha value is -1.36. The van der Waals surface area contributed by atoms with Gasteiger partial charge in [-0.3, -0.25) is 4.79 Å². The molecule has 3 N–H and O–H groups in total. The van der Waals surface area contributed by atoms with Crippen molar-refractivity contribution in [3.63, 3.8) is 0 Å². The van der Waals surface area contributed by atoms with Gasteiger partial charge in [-0.05, 0) is 30.4 Å². The summed E-state index contributed by atoms with van der Waals surface area (Å²) in [5.74, 6) is 2.59. The number of anilines is 1. The van der Waals surface area contributed by atoms with Crippen molar-refractivity contribution in [2.45, 2.75) is 12.5 Å². The Morgan fingerprint density at radius 1 is 1.59 bits per heavy atom. The fourth-order valence-electron chi connectivity index (χ4n) is 1.84. The van der Waals surface area contributed by atoms with E-state index in [1.54, 1.807) is 25.3 Å². The van der Waals surface area contributed by atoms with Crippen molar-refractivity contribution in [2.75, 3.05) is 23.9 Å². The largest absolute Gasteiger partial charge is 0.495 e. The molecule has 1 saturated heterocycles. The average molecular weight is 252 g/mol. The van der Waals surface area contributed by atoms with E-state index < -0.39 is 5.91 Å². The highest BCUT2D eigenvalue weighted by Crippen LogP contribution is 2.29. The van der Waals surface area contributed by atoms with Crippen LogP contribution in [-0.4, -0.2) is 30.6 Å². The summed E-state index contributed by atoms with van der Waals surface area (Å²) in [4.78, 5) is 11.1. The Balaban J connectivity index is 2.21. The van der Waals surface area contributed by atoms with Crippen molar-refractivity contribution in [1.29, 1.82) is 0 Å². The fourth-order valence-corrected chi connectivity index (χ4v) is 2.99. The predicted octanol–water partition coefficient (Wildman–Crippen LogP) is 1.71. The van der Waals surface area contributed by atoms with Gasteiger partial charge < -0.3 is 15.8 Å². The van der Waals surface area contributed by atoms with Crippen LogP contribution in [0.25, 0.3) is 0 Å². The molecule has 1 unspecified atom stereocenters. The highest BCUT2D eigenvalue weighted by molar-refractivity contribution is 7.99. The second-order valence-corrected chi connectivity index (χ2v) is 5.13. The topological polar surface area (TPSA) is 64.3 Å². The number of carbonyl (C=O) groups excluding carboxylic acids is 1. The first-order valence-electron chi connectivity index (χ1n) is 5.53. The van der Waals surface area contributed by atoms with Crippen LogP contribution < -0.4 is 15.8 Å². The average Bonchev–Trinajstić information content (AvgIpc) is 2.81. The second kappa shape index (κ2) is 5.31. The maximum absolute atomic E-state index is 11.1. The summed E-state index contributed by atoms with van der Waals surface area (Å²) in [5, 5.41) is 3.40. The van der Waals surface area contributed by atoms with Crippen molar-refractivity contribution in [3.05, 3.63) is 23.8 Å². The standard InChI is InChI=1S/C12H16N2O2S/c1-16-11-3-2-8(12(13)15)6-10(11)14-9-4-5-17-7-9/h2-3,6,9,14H,4-5,7H2,1H3,(H2,13,15). The number of carbonyl (C=O) groups is 1. The van der Waals surface area contributed by atoms with Gasteiger partial charge in [-0.2, -0.15) is 11.8 Å². The lowest BCUT2D eigenvalue weighted by Gasteiger charge is -2.16. The Morgan fingerprint density at radius 2 is 2.41 bits per heavy atom. The first-order chi connectivity index (χ1) is 8.20. The zero-order chi connectivity index (χ0) is 12.3. The van der Waals surface area contributed by atoms with Crippen LogP contribution in [0, 0.1) is 0 Å². The number of thioether (sulfide) groups is 1. The monoisotopic (exact) mass is 252 g/mol. The lowest BCUT2D eigenvalue weighted by molar-refractivity contribution is 0.100. The van der Waals surface area contributed by atoms with Crippen molar-refractivity contribution >= 4 is 23.4 Å². The summed E-state index contributed by atoms with van der Waals surface area (Å²) in [7, 11) is 1.62. The molecule has 0 aliphatic carbocycles. The summed E-state index contributed by atoms with van der Waals surface area (Å²) in [6.07, 6.45) is 1.13. The van der Waals surface area contributed by atoms with Crippen LogP contribution in [0.5, 0.6) is 5.75 Å². The number of nitrogens with two attached hydrogens (primary N) is 1. The van der Waals surface area contributed by atoms with Gasteiger partial charge in [0.15, 0.2) is 0 Å². The molecule has 2 rings (SSSR count). The maximum atomic E-state index is 11.1. The number of hydrogen-bond donors (Lipinski definition) is 2. The lowest BCUT2D eigenvalue weighted by Crippen LogP contribution is -2.19. The van der Waals surface area contributed by atoms with Crippen molar-refractivity contribution in [1.82, 2.24) is 0 Å². The zero-order valence-electron chi connectivity index (χ0n) is 9.73. The van der Waals surface area contributed by atoms with Crippen LogP contribution >= 0.6 is 11.8 Å². The van der Waals surface area contributed by atoms with Gasteiger partial charge in [-0.1, -0.05) is 0 Å². The van der Waals surface area contributed by atoms with E-state index in [1.165, 1.54) is 5.75 Å². The van der Waals surface area contributed by atoms with Gasteiger partial charge in [0, 0.05) is 17.4 Å². The minimum absolute atomic E-state index is 0.420. The van der Waals surface area contributed by atoms with E-state index in [0.29, 0.717) is 11.6 Å². The third-order valence-electron chi connectivity index (χ3n) is 2.77. The molecule has 1 aliphatic rings. The third-order valence-corrected chi connectivity index (χ3v) is 3.94. The van der Waals surface area contributed by atoms with E-state index in [4.69, 9.17) is 10.5 Å². The quantitative estimate of drug-likeness (QED) is 0.856. The number of methoxy groups -OCH3 is 1. The maximum Gasteiger partial charge on any atom is 0.248 e. The molecule has 1 aromatic rings. The molecule has 0 saturated carbocycles. The minimum atomic E-state index is -0.420. The Kier molecular flexibility index (Phi) is 3.78. The molecule has 17 heavy (non-hydrogen) atoms. The fraction of sp³-hybridized carbons (Fsp3) is 0.417. The first kappa shape index (κ1) is 12.1. The van der Waals surface area contributed by atoms with E-state index in [2.05, 4.69) is 5.32 Å². The van der Waals surface area contributed by atoms with Crippen molar-refractivity contribution in [2.24, 2.45) is 5.73 Å². The first-order valence-corrected chi connectivity index (χ1v) is 6.68. The van der Waals surface area contributed by atoms with Crippen LogP contribution in [0.3, 0.4) is 0 Å². The molecule has 4 nitrogen and oxygen atoms in total. The molecule has 1 fully saturated rings. The highest BCUT2D eigenvalue weighted by Gasteiger charge is 2.17. The number of ether oxygens (including phenoxy) is 1. The SMILES string of the molecule is COc1ccc(C(N)=O)cc1NC1CCSC1. The molecule has 0 spiro atoms. The van der Waals surface area contributed by atoms with Gasteiger partial charge in [0.25, 0.3) is 0 Å². The highest BCUT2D eigenvalue weighted by atomic mass is 32.2. The molecule has 0 aromatic heterocycles. The van der Waals surface area contributed by atoms with Gasteiger partial charge in [0.2, 0.25) is 5.91 Å². The lowest BCUT2D eigenvalue weighted by atomic mass is 10.1. The molecule has 1 aliphatic heterocycles. The molecule has 1 atom stereocenters. The number of nitrogens with one attached hydrogen (secondary N) is 1. The molecule has 0 bridgehead atoms. The van der Waals surface area contributed by atoms with Gasteiger partial charge in [-0.25, -0.2) is 0 Å². The Bertz CT molecular complexity index is 417. The predicted molar refractivity (Wildman–Crippen MR) is 70.9 cm³/mol. The molecule has 92 valence electrons. The molecular formula is C12H16N2O2S. The molecule has 0 radical (unpaired) electrons. The summed E-state index contributed by atoms with van der Waals surface area (Å²) < 4.78 is 5.27. The Morgan fingerprint density at radius 3 is 3.00 bits per heavy atom. The van der Waals surface area contributed by atoms with E-state index in [9.17, 15) is 4.79 Å². The van der Waals surface area contributed by atoms with E-state index in [1.807, 2.05) is 11.8 Å². The Labute approximate surface area is 105 Å². The molecule has 5 heteroatoms. The number of primary amides is 1. The summed E-state index contributed by atoms with van der Waals surface area (Å²) in [5.41, 5.74) is 6.61. The van der Waals surface area contributed by atoms with E-state index in [0.717, 1.165) is 23.6 Å². The molecule has 1 aromatic carbocycles. The van der Waals surface area contributed by atoms with E-state index in [-0.39, 0.29) is 0 Å². The van der Waals surface area contributed by atoms with Crippen LogP contribution in [0.1, 0.15) is 16.8 Å². The van der Waals surface area contributed by atoms with Gasteiger partial charge in [-0.15, -0.1) is 0 Å². The van der Waals surface area contributed by atoms with E-state index >= 15 is 0 Å². The number of benzene rings is 1. The zero-order valence-corrected chi connectivity index (χ0v) is 10.5. The smallest absolute Gasteiger partial charge is 0.248 e. The van der Waals surface area contributed by atoms with Crippen molar-refractivity contribution in [3.8, 4) is 5.75 Å². The van der Waals surface area contributed by atoms with Gasteiger partial charge >= 0.3 is 0 Å². The van der Waals surface area contributed by atoms with Crippen molar-refractivity contribution < 1.29 is 9.53 Å². The van der Waals surface area contributed by atoms with Crippen LogP contribution in [0.15, 0.2) is 18.2 Å². The molecular weight excluding hydrogens is 236 g/mol. The van der Waals surface area contributed by atoms with Crippen LogP contribution in [-0.2, 0) is 0 Å². The summed E-state index contributed by atoms with van der Waals surface area (Å²) in [6, 6.07) is 5.64. The molecule has 1 amide bonds. The minimum Gasteiger partial charge on any atom is -0.495 e. The van der Waals surface area contributed by atoms with Gasteiger partial charge in [0.05, 0.1) is 12.8 Å². The number of rotatable bonds is 4. The summed E-state index contributed by atoms with van der Waals surface area (Å²) in [6.45, 7) is 0. The van der Waals surface area contributed by atoms with Crippen LogP contribution in [0.4, 0.5) is 5.69 Å². The number of hydrogen-bond acceptors (Lipinski definition) is 4. The second-order valence-electron chi connectivity index (χ2n) is 3.98. The summed E-state index contributed by atoms with van der Waals surface area (Å²) >= 11 is 1.93.